The summed E-state index contributed by atoms with van der Waals surface area (Å²) >= 11 is 0. The number of aromatic nitrogens is 3. The van der Waals surface area contributed by atoms with E-state index < -0.39 is 6.61 Å². The number of aliphatic imine (C=N–C) groups is 1. The van der Waals surface area contributed by atoms with Crippen LogP contribution in [0, 0.1) is 0 Å². The number of nitrogens with zero attached hydrogens (tertiary/aromatic N) is 5. The molecular weight excluding hydrogens is 368 g/mol. The average Bonchev–Trinajstić information content (AvgIpc) is 3.29. The van der Waals surface area contributed by atoms with Crippen LogP contribution in [0.2, 0.25) is 0 Å². The molecule has 1 unspecified atom stereocenters. The molecule has 0 aliphatic carbocycles. The highest BCUT2D eigenvalue weighted by Gasteiger charge is 2.26. The Morgan fingerprint density at radius 3 is 2.93 bits per heavy atom. The standard InChI is InChI=1S/C18H25F2N7O/c1-3-21-18(22-10-16-23-12-24-26(16)2)25-13-8-9-27(11-13)14-6-4-5-7-15(14)28-17(19)20/h4-7,12-13,17H,3,8-11H2,1-2H3,(H2,21,22,25). The Labute approximate surface area is 162 Å². The Morgan fingerprint density at radius 2 is 2.21 bits per heavy atom. The molecule has 0 spiro atoms. The van der Waals surface area contributed by atoms with Gasteiger partial charge in [-0.2, -0.15) is 13.9 Å². The summed E-state index contributed by atoms with van der Waals surface area (Å²) in [6, 6.07) is 7.01. The maximum absolute atomic E-state index is 12.7. The van der Waals surface area contributed by atoms with Crippen molar-refractivity contribution < 1.29 is 13.5 Å². The highest BCUT2D eigenvalue weighted by Crippen LogP contribution is 2.31. The number of rotatable bonds is 7. The lowest BCUT2D eigenvalue weighted by molar-refractivity contribution is -0.0495. The average molecular weight is 393 g/mol. The van der Waals surface area contributed by atoms with Gasteiger partial charge in [0.25, 0.3) is 0 Å². The topological polar surface area (TPSA) is 79.6 Å². The van der Waals surface area contributed by atoms with Crippen molar-refractivity contribution in [3.8, 4) is 5.75 Å². The molecule has 2 heterocycles. The molecule has 0 saturated carbocycles. The zero-order valence-corrected chi connectivity index (χ0v) is 16.0. The molecule has 3 rings (SSSR count). The van der Waals surface area contributed by atoms with Crippen LogP contribution in [0.15, 0.2) is 35.6 Å². The molecule has 0 radical (unpaired) electrons. The van der Waals surface area contributed by atoms with E-state index in [-0.39, 0.29) is 11.8 Å². The van der Waals surface area contributed by atoms with Gasteiger partial charge in [0, 0.05) is 32.7 Å². The number of hydrogen-bond acceptors (Lipinski definition) is 5. The molecule has 1 fully saturated rings. The summed E-state index contributed by atoms with van der Waals surface area (Å²) in [5, 5.41) is 10.7. The predicted octanol–water partition coefficient (Wildman–Crippen LogP) is 1.75. The second-order valence-electron chi connectivity index (χ2n) is 6.42. The number of para-hydroxylation sites is 2. The molecule has 152 valence electrons. The maximum atomic E-state index is 12.7. The van der Waals surface area contributed by atoms with Gasteiger partial charge in [-0.1, -0.05) is 12.1 Å². The molecule has 1 aliphatic heterocycles. The highest BCUT2D eigenvalue weighted by molar-refractivity contribution is 5.80. The third kappa shape index (κ3) is 5.08. The number of hydrogen-bond donors (Lipinski definition) is 2. The van der Waals surface area contributed by atoms with Crippen LogP contribution in [0.5, 0.6) is 5.75 Å². The second-order valence-corrected chi connectivity index (χ2v) is 6.42. The van der Waals surface area contributed by atoms with E-state index in [1.165, 1.54) is 6.33 Å². The van der Waals surface area contributed by atoms with E-state index in [1.807, 2.05) is 24.9 Å². The fourth-order valence-electron chi connectivity index (χ4n) is 3.14. The first-order valence-electron chi connectivity index (χ1n) is 9.23. The summed E-state index contributed by atoms with van der Waals surface area (Å²) in [6.07, 6.45) is 2.36. The van der Waals surface area contributed by atoms with Crippen molar-refractivity contribution in [2.45, 2.75) is 32.5 Å². The minimum absolute atomic E-state index is 0.136. The molecule has 8 nitrogen and oxygen atoms in total. The van der Waals surface area contributed by atoms with E-state index in [9.17, 15) is 8.78 Å². The fourth-order valence-corrected chi connectivity index (χ4v) is 3.14. The van der Waals surface area contributed by atoms with Gasteiger partial charge in [0.05, 0.1) is 5.69 Å². The van der Waals surface area contributed by atoms with Crippen LogP contribution in [-0.2, 0) is 13.6 Å². The first-order chi connectivity index (χ1) is 13.6. The minimum Gasteiger partial charge on any atom is -0.433 e. The van der Waals surface area contributed by atoms with Gasteiger partial charge in [-0.3, -0.25) is 4.68 Å². The molecule has 0 amide bonds. The summed E-state index contributed by atoms with van der Waals surface area (Å²) in [6.45, 7) is 1.70. The van der Waals surface area contributed by atoms with Crippen LogP contribution < -0.4 is 20.3 Å². The predicted molar refractivity (Wildman–Crippen MR) is 103 cm³/mol. The van der Waals surface area contributed by atoms with Crippen LogP contribution in [0.1, 0.15) is 19.2 Å². The fraction of sp³-hybridized carbons (Fsp3) is 0.500. The van der Waals surface area contributed by atoms with Crippen molar-refractivity contribution >= 4 is 11.6 Å². The maximum Gasteiger partial charge on any atom is 0.387 e. The van der Waals surface area contributed by atoms with Crippen molar-refractivity contribution in [1.29, 1.82) is 0 Å². The van der Waals surface area contributed by atoms with Crippen LogP contribution in [0.25, 0.3) is 0 Å². The van der Waals surface area contributed by atoms with Gasteiger partial charge in [0.1, 0.15) is 24.4 Å². The summed E-state index contributed by atoms with van der Waals surface area (Å²) in [5.74, 6) is 1.65. The Bertz CT molecular complexity index is 796. The van der Waals surface area contributed by atoms with Crippen LogP contribution >= 0.6 is 0 Å². The Kier molecular flexibility index (Phi) is 6.62. The van der Waals surface area contributed by atoms with Crippen molar-refractivity contribution in [3.05, 3.63) is 36.4 Å². The van der Waals surface area contributed by atoms with Gasteiger partial charge in [-0.05, 0) is 25.5 Å². The van der Waals surface area contributed by atoms with Crippen molar-refractivity contribution in [3.63, 3.8) is 0 Å². The van der Waals surface area contributed by atoms with Gasteiger partial charge in [-0.15, -0.1) is 0 Å². The number of alkyl halides is 2. The second kappa shape index (κ2) is 9.34. The lowest BCUT2D eigenvalue weighted by atomic mass is 10.2. The van der Waals surface area contributed by atoms with E-state index in [1.54, 1.807) is 22.9 Å². The molecule has 2 aromatic rings. The van der Waals surface area contributed by atoms with Gasteiger partial charge >= 0.3 is 6.61 Å². The third-order valence-corrected chi connectivity index (χ3v) is 4.48. The molecule has 1 atom stereocenters. The molecule has 1 aromatic heterocycles. The molecule has 28 heavy (non-hydrogen) atoms. The van der Waals surface area contributed by atoms with Crippen molar-refractivity contribution in [2.24, 2.45) is 12.0 Å². The third-order valence-electron chi connectivity index (χ3n) is 4.48. The normalized spacial score (nSPS) is 17.2. The quantitative estimate of drug-likeness (QED) is 0.551. The van der Waals surface area contributed by atoms with Crippen LogP contribution in [0.4, 0.5) is 14.5 Å². The van der Waals surface area contributed by atoms with E-state index in [0.29, 0.717) is 24.7 Å². The number of aryl methyl sites for hydroxylation is 1. The number of halogens is 2. The van der Waals surface area contributed by atoms with Gasteiger partial charge in [0.15, 0.2) is 5.96 Å². The first-order valence-corrected chi connectivity index (χ1v) is 9.23. The van der Waals surface area contributed by atoms with Crippen molar-refractivity contribution in [1.82, 2.24) is 25.4 Å². The molecule has 1 aliphatic rings. The van der Waals surface area contributed by atoms with Crippen LogP contribution in [0.3, 0.4) is 0 Å². The van der Waals surface area contributed by atoms with Gasteiger partial charge in [0.2, 0.25) is 0 Å². The van der Waals surface area contributed by atoms with Gasteiger partial charge in [-0.25, -0.2) is 9.98 Å². The number of guanidine groups is 1. The molecule has 0 bridgehead atoms. The Morgan fingerprint density at radius 1 is 1.39 bits per heavy atom. The zero-order chi connectivity index (χ0) is 19.9. The zero-order valence-electron chi connectivity index (χ0n) is 16.0. The Hall–Kier alpha value is -2.91. The molecule has 2 N–H and O–H groups in total. The summed E-state index contributed by atoms with van der Waals surface area (Å²) < 4.78 is 31.7. The van der Waals surface area contributed by atoms with Gasteiger partial charge < -0.3 is 20.3 Å². The minimum atomic E-state index is -2.84. The number of anilines is 1. The highest BCUT2D eigenvalue weighted by atomic mass is 19.3. The van der Waals surface area contributed by atoms with Crippen LogP contribution in [-0.4, -0.2) is 53.0 Å². The van der Waals surface area contributed by atoms with E-state index >= 15 is 0 Å². The lowest BCUT2D eigenvalue weighted by Gasteiger charge is -2.22. The summed E-state index contributed by atoms with van der Waals surface area (Å²) in [5.41, 5.74) is 0.674. The SMILES string of the molecule is CCNC(=NCc1ncnn1C)NC1CCN(c2ccccc2OC(F)F)C1. The molecule has 10 heteroatoms. The lowest BCUT2D eigenvalue weighted by Crippen LogP contribution is -2.44. The van der Waals surface area contributed by atoms with E-state index in [0.717, 1.165) is 25.3 Å². The van der Waals surface area contributed by atoms with E-state index in [2.05, 4.69) is 30.4 Å². The number of ether oxygens (including phenoxy) is 1. The smallest absolute Gasteiger partial charge is 0.387 e. The number of benzene rings is 1. The first kappa shape index (κ1) is 19.8. The largest absolute Gasteiger partial charge is 0.433 e. The Balaban J connectivity index is 1.63. The summed E-state index contributed by atoms with van der Waals surface area (Å²) in [7, 11) is 1.83. The summed E-state index contributed by atoms with van der Waals surface area (Å²) in [4.78, 5) is 10.8. The monoisotopic (exact) mass is 393 g/mol. The molecule has 1 aromatic carbocycles. The van der Waals surface area contributed by atoms with E-state index in [4.69, 9.17) is 0 Å². The molecule has 1 saturated heterocycles. The molecular formula is C18H25F2N7O. The van der Waals surface area contributed by atoms with Crippen molar-refractivity contribution in [2.75, 3.05) is 24.5 Å². The number of nitrogens with one attached hydrogen (secondary N) is 2.